The van der Waals surface area contributed by atoms with Gasteiger partial charge in [-0.1, -0.05) is 316 Å². The van der Waals surface area contributed by atoms with Gasteiger partial charge in [0.2, 0.25) is 10.0 Å². The Bertz CT molecular complexity index is 1210. The molecule has 4 heteroatoms. The molecular weight excluding hydrogens is 799 g/mol. The molecule has 0 saturated carbocycles. The smallest absolute Gasteiger partial charge is 0.225 e. The molecule has 0 aliphatic carbocycles. The van der Waals surface area contributed by atoms with Crippen LogP contribution >= 0.6 is 0 Å². The molecule has 0 fully saturated rings. The molecule has 0 unspecified atom stereocenters. The van der Waals surface area contributed by atoms with Crippen LogP contribution in [0.25, 0.3) is 0 Å². The van der Waals surface area contributed by atoms with Crippen molar-refractivity contribution in [3.63, 3.8) is 0 Å². The molecule has 2 N–H and O–H groups in total. The summed E-state index contributed by atoms with van der Waals surface area (Å²) in [6.07, 6.45) is 68.3. The van der Waals surface area contributed by atoms with E-state index in [9.17, 15) is 8.42 Å². The van der Waals surface area contributed by atoms with Crippen LogP contribution in [0.3, 0.4) is 0 Å². The summed E-state index contributed by atoms with van der Waals surface area (Å²) in [5.74, 6) is 0. The third kappa shape index (κ3) is 39.2. The maximum absolute atomic E-state index is 13.2. The van der Waals surface area contributed by atoms with E-state index in [2.05, 4.69) is 26.8 Å². The molecule has 0 aromatic heterocycles. The molecule has 64 heavy (non-hydrogen) atoms. The zero-order valence-electron chi connectivity index (χ0n) is 44.0. The summed E-state index contributed by atoms with van der Waals surface area (Å²) in [4.78, 5) is 0.439. The van der Waals surface area contributed by atoms with Gasteiger partial charge in [0, 0.05) is 0 Å². The Balaban J connectivity index is 2.51. The first-order valence-electron chi connectivity index (χ1n) is 29.6. The average Bonchev–Trinajstić information content (AvgIpc) is 3.28. The van der Waals surface area contributed by atoms with Crippen molar-refractivity contribution < 1.29 is 8.42 Å². The van der Waals surface area contributed by atoms with Crippen LogP contribution in [0.1, 0.15) is 346 Å². The van der Waals surface area contributed by atoms with Gasteiger partial charge in [0.1, 0.15) is 0 Å². The quantitative estimate of drug-likeness (QED) is 0.0662. The molecule has 1 aromatic carbocycles. The normalized spacial score (nSPS) is 11.9. The molecule has 0 saturated heterocycles. The van der Waals surface area contributed by atoms with Gasteiger partial charge in [-0.25, -0.2) is 13.6 Å². The van der Waals surface area contributed by atoms with Crippen LogP contribution in [-0.4, -0.2) is 8.42 Å². The fourth-order valence-electron chi connectivity index (χ4n) is 10.3. The molecular formula is C60H115NO2S. The number of hydrogen-bond acceptors (Lipinski definition) is 2. The van der Waals surface area contributed by atoms with E-state index in [-0.39, 0.29) is 0 Å². The topological polar surface area (TPSA) is 60.2 Å². The van der Waals surface area contributed by atoms with Gasteiger partial charge >= 0.3 is 0 Å². The summed E-state index contributed by atoms with van der Waals surface area (Å²) in [5, 5.41) is 6.01. The lowest BCUT2D eigenvalue weighted by molar-refractivity contribution is 0.528. The summed E-state index contributed by atoms with van der Waals surface area (Å²) in [7, 11) is -3.77. The molecule has 0 amide bonds. The van der Waals surface area contributed by atoms with Crippen molar-refractivity contribution in [3.8, 4) is 0 Å². The van der Waals surface area contributed by atoms with Crippen LogP contribution in [0.5, 0.6) is 0 Å². The highest BCUT2D eigenvalue weighted by molar-refractivity contribution is 7.89. The molecule has 0 spiro atoms. The lowest BCUT2D eigenvalue weighted by atomic mass is 9.93. The summed E-state index contributed by atoms with van der Waals surface area (Å²) in [5.41, 5.74) is 3.52. The number of unbranched alkanes of at least 4 members (excludes halogenated alkanes) is 45. The van der Waals surface area contributed by atoms with E-state index in [0.29, 0.717) is 4.90 Å². The second-order valence-electron chi connectivity index (χ2n) is 20.9. The van der Waals surface area contributed by atoms with Gasteiger partial charge in [-0.05, 0) is 61.3 Å². The van der Waals surface area contributed by atoms with Crippen LogP contribution in [0.15, 0.2) is 17.0 Å². The Labute approximate surface area is 403 Å². The predicted molar refractivity (Wildman–Crippen MR) is 288 cm³/mol. The van der Waals surface area contributed by atoms with E-state index in [1.165, 1.54) is 300 Å². The van der Waals surface area contributed by atoms with Gasteiger partial charge < -0.3 is 0 Å². The van der Waals surface area contributed by atoms with E-state index in [1.807, 2.05) is 6.07 Å². The number of benzene rings is 1. The largest absolute Gasteiger partial charge is 0.238 e. The van der Waals surface area contributed by atoms with Gasteiger partial charge in [-0.2, -0.15) is 0 Å². The standard InChI is InChI=1S/C60H115NO2S/c1-4-7-10-13-16-19-22-25-28-31-34-37-40-43-46-49-52-57-55-58(53-50-47-44-41-38-35-32-29-26-23-20-17-14-11-8-5-2)59(60(56-57)64(61,62)63)54-51-48-45-42-39-36-33-30-27-24-21-18-15-12-9-6-3/h55-56H,4-54H2,1-3H3,(H2,61,62,63). The minimum atomic E-state index is -3.77. The highest BCUT2D eigenvalue weighted by Crippen LogP contribution is 2.28. The molecule has 3 nitrogen and oxygen atoms in total. The molecule has 0 bridgehead atoms. The lowest BCUT2D eigenvalue weighted by Gasteiger charge is -2.17. The van der Waals surface area contributed by atoms with Gasteiger partial charge in [-0.3, -0.25) is 0 Å². The number of sulfonamides is 1. The van der Waals surface area contributed by atoms with Gasteiger partial charge in [0.05, 0.1) is 4.90 Å². The second kappa shape index (κ2) is 47.2. The third-order valence-electron chi connectivity index (χ3n) is 14.6. The van der Waals surface area contributed by atoms with E-state index in [0.717, 1.165) is 44.1 Å². The third-order valence-corrected chi connectivity index (χ3v) is 15.5. The molecule has 378 valence electrons. The van der Waals surface area contributed by atoms with Gasteiger partial charge in [0.15, 0.2) is 0 Å². The number of aryl methyl sites for hydroxylation is 2. The van der Waals surface area contributed by atoms with Crippen molar-refractivity contribution in [2.45, 2.75) is 353 Å². The highest BCUT2D eigenvalue weighted by Gasteiger charge is 2.19. The number of primary sulfonamides is 1. The Morgan fingerprint density at radius 3 is 0.766 bits per heavy atom. The predicted octanol–water partition coefficient (Wildman–Crippen LogP) is 20.7. The number of rotatable bonds is 52. The van der Waals surface area contributed by atoms with Crippen molar-refractivity contribution in [1.29, 1.82) is 0 Å². The average molecular weight is 915 g/mol. The molecule has 1 aromatic rings. The Morgan fingerprint density at radius 2 is 0.516 bits per heavy atom. The summed E-state index contributed by atoms with van der Waals surface area (Å²) >= 11 is 0. The van der Waals surface area contributed by atoms with Crippen molar-refractivity contribution in [3.05, 3.63) is 28.8 Å². The first-order valence-corrected chi connectivity index (χ1v) is 31.2. The first kappa shape index (κ1) is 61.1. The Kier molecular flexibility index (Phi) is 45.1. The second-order valence-corrected chi connectivity index (χ2v) is 22.5. The van der Waals surface area contributed by atoms with Crippen LogP contribution < -0.4 is 5.14 Å². The SMILES string of the molecule is CCCCCCCCCCCCCCCCCCc1cc(CCCCCCCCCCCCCCCCCC)c(CCCCCCCCCCCCCCCCCC)c(S(N)(=O)=O)c1. The van der Waals surface area contributed by atoms with Crippen molar-refractivity contribution >= 4 is 10.0 Å². The number of nitrogens with two attached hydrogens (primary N) is 1. The van der Waals surface area contributed by atoms with E-state index in [4.69, 9.17) is 5.14 Å². The Hall–Kier alpha value is -0.870. The molecule has 0 heterocycles. The first-order chi connectivity index (χ1) is 31.4. The minimum absolute atomic E-state index is 0.439. The molecule has 0 aliphatic rings. The van der Waals surface area contributed by atoms with Crippen LogP contribution in [0, 0.1) is 0 Å². The lowest BCUT2D eigenvalue weighted by Crippen LogP contribution is -2.17. The maximum atomic E-state index is 13.2. The van der Waals surface area contributed by atoms with E-state index >= 15 is 0 Å². The van der Waals surface area contributed by atoms with E-state index < -0.39 is 10.0 Å². The van der Waals surface area contributed by atoms with Crippen molar-refractivity contribution in [2.24, 2.45) is 5.14 Å². The summed E-state index contributed by atoms with van der Waals surface area (Å²) < 4.78 is 26.3. The van der Waals surface area contributed by atoms with Crippen molar-refractivity contribution in [1.82, 2.24) is 0 Å². The summed E-state index contributed by atoms with van der Waals surface area (Å²) in [6, 6.07) is 4.37. The fourth-order valence-corrected chi connectivity index (χ4v) is 11.2. The van der Waals surface area contributed by atoms with Crippen LogP contribution in [-0.2, 0) is 29.3 Å². The Morgan fingerprint density at radius 1 is 0.297 bits per heavy atom. The van der Waals surface area contributed by atoms with Crippen molar-refractivity contribution in [2.75, 3.05) is 0 Å². The summed E-state index contributed by atoms with van der Waals surface area (Å²) in [6.45, 7) is 6.89. The number of hydrogen-bond donors (Lipinski definition) is 1. The fraction of sp³-hybridized carbons (Fsp3) is 0.900. The minimum Gasteiger partial charge on any atom is -0.225 e. The maximum Gasteiger partial charge on any atom is 0.238 e. The molecule has 0 radical (unpaired) electrons. The molecule has 0 atom stereocenters. The highest BCUT2D eigenvalue weighted by atomic mass is 32.2. The van der Waals surface area contributed by atoms with Crippen LogP contribution in [0.4, 0.5) is 0 Å². The zero-order chi connectivity index (χ0) is 46.3. The van der Waals surface area contributed by atoms with E-state index in [1.54, 1.807) is 0 Å². The van der Waals surface area contributed by atoms with Gasteiger partial charge in [0.25, 0.3) is 0 Å². The molecule has 0 aliphatic heterocycles. The monoisotopic (exact) mass is 914 g/mol. The van der Waals surface area contributed by atoms with Crippen LogP contribution in [0.2, 0.25) is 0 Å². The zero-order valence-corrected chi connectivity index (χ0v) is 44.8. The molecule has 1 rings (SSSR count). The van der Waals surface area contributed by atoms with Gasteiger partial charge in [-0.15, -0.1) is 0 Å².